The van der Waals surface area contributed by atoms with Crippen molar-refractivity contribution in [1.82, 2.24) is 15.2 Å². The second-order valence-electron chi connectivity index (χ2n) is 12.9. The summed E-state index contributed by atoms with van der Waals surface area (Å²) in [7, 11) is 0. The van der Waals surface area contributed by atoms with Crippen molar-refractivity contribution >= 4 is 49.6 Å². The second-order valence-corrected chi connectivity index (χ2v) is 12.9. The Labute approximate surface area is 289 Å². The molecule has 10 rings (SSSR count). The summed E-state index contributed by atoms with van der Waals surface area (Å²) in [4.78, 5) is 5.15. The van der Waals surface area contributed by atoms with E-state index < -0.39 is 0 Å². The average Bonchev–Trinajstić information content (AvgIpc) is 3.71. The number of para-hydroxylation sites is 2. The van der Waals surface area contributed by atoms with Crippen molar-refractivity contribution in [3.8, 4) is 16.8 Å². The summed E-state index contributed by atoms with van der Waals surface area (Å²) in [5.74, 6) is 0.850. The minimum atomic E-state index is -0.244. The molecule has 2 aromatic heterocycles. The van der Waals surface area contributed by atoms with E-state index in [1.807, 2.05) is 12.1 Å². The molecule has 2 unspecified atom stereocenters. The van der Waals surface area contributed by atoms with Crippen molar-refractivity contribution in [1.29, 1.82) is 0 Å². The Balaban J connectivity index is 1.20. The van der Waals surface area contributed by atoms with Crippen LogP contribution in [-0.2, 0) is 0 Å². The minimum absolute atomic E-state index is 0.236. The van der Waals surface area contributed by atoms with Gasteiger partial charge in [0.2, 0.25) is 0 Å². The highest BCUT2D eigenvalue weighted by atomic mass is 16.3. The van der Waals surface area contributed by atoms with Crippen LogP contribution in [0.25, 0.3) is 60.6 Å². The normalized spacial score (nSPS) is 16.2. The lowest BCUT2D eigenvalue weighted by Crippen LogP contribution is -2.45. The average molecular weight is 645 g/mol. The van der Waals surface area contributed by atoms with Gasteiger partial charge in [0.15, 0.2) is 0 Å². The first-order valence-corrected chi connectivity index (χ1v) is 17.0. The standard InChI is InChI=1S/C45H32N4O/c1-5-15-29(16-6-1)34-25-36-37-26-40-35(33-23-13-14-24-39(33)49(40)32-21-11-4-12-22-32)27-41(37)50-42(36)28-38(34)45-47-43(30-17-7-2-8-18-30)46-44(48-45)31-19-9-3-10-20-31/h1-28,43,45,47H,(H,46,48). The van der Waals surface area contributed by atoms with Gasteiger partial charge >= 0.3 is 0 Å². The highest BCUT2D eigenvalue weighted by molar-refractivity contribution is 6.17. The zero-order valence-electron chi connectivity index (χ0n) is 27.1. The number of benzene rings is 7. The maximum Gasteiger partial charge on any atom is 0.136 e. The fourth-order valence-electron chi connectivity index (χ4n) is 7.53. The van der Waals surface area contributed by atoms with Crippen LogP contribution in [0.1, 0.15) is 29.0 Å². The van der Waals surface area contributed by atoms with Crippen molar-refractivity contribution in [2.45, 2.75) is 12.3 Å². The van der Waals surface area contributed by atoms with Crippen molar-refractivity contribution in [3.05, 3.63) is 187 Å². The van der Waals surface area contributed by atoms with E-state index in [1.165, 1.54) is 16.3 Å². The number of nitrogens with zero attached hydrogens (tertiary/aromatic N) is 2. The van der Waals surface area contributed by atoms with E-state index in [2.05, 4.69) is 173 Å². The number of amidine groups is 1. The van der Waals surface area contributed by atoms with Crippen molar-refractivity contribution in [2.75, 3.05) is 0 Å². The fourth-order valence-corrected chi connectivity index (χ4v) is 7.53. The molecule has 0 saturated carbocycles. The van der Waals surface area contributed by atoms with Crippen molar-refractivity contribution in [3.63, 3.8) is 0 Å². The van der Waals surface area contributed by atoms with Crippen LogP contribution in [0, 0.1) is 0 Å². The highest BCUT2D eigenvalue weighted by Crippen LogP contribution is 2.41. The molecular formula is C45H32N4O. The molecule has 1 aliphatic heterocycles. The van der Waals surface area contributed by atoms with E-state index in [9.17, 15) is 0 Å². The number of furan rings is 1. The molecule has 0 fully saturated rings. The Morgan fingerprint density at radius 1 is 0.520 bits per heavy atom. The van der Waals surface area contributed by atoms with Gasteiger partial charge in [-0.05, 0) is 59.2 Å². The first kappa shape index (κ1) is 28.6. The van der Waals surface area contributed by atoms with Gasteiger partial charge < -0.3 is 14.3 Å². The first-order valence-electron chi connectivity index (χ1n) is 17.0. The largest absolute Gasteiger partial charge is 0.456 e. The Morgan fingerprint density at radius 2 is 1.14 bits per heavy atom. The maximum absolute atomic E-state index is 6.77. The number of fused-ring (bicyclic) bond motifs is 6. The van der Waals surface area contributed by atoms with E-state index in [0.29, 0.717) is 0 Å². The molecule has 1 aliphatic rings. The van der Waals surface area contributed by atoms with Crippen molar-refractivity contribution in [2.24, 2.45) is 4.99 Å². The molecule has 3 heterocycles. The molecule has 0 saturated heterocycles. The van der Waals surface area contributed by atoms with Crippen LogP contribution < -0.4 is 10.6 Å². The van der Waals surface area contributed by atoms with E-state index >= 15 is 0 Å². The number of aliphatic imine (C=N–C) groups is 1. The Morgan fingerprint density at radius 3 is 1.90 bits per heavy atom. The summed E-state index contributed by atoms with van der Waals surface area (Å²) >= 11 is 0. The van der Waals surface area contributed by atoms with E-state index in [-0.39, 0.29) is 12.3 Å². The molecule has 0 spiro atoms. The molecule has 9 aromatic rings. The smallest absolute Gasteiger partial charge is 0.136 e. The Bertz CT molecular complexity index is 2700. The van der Waals surface area contributed by atoms with Crippen LogP contribution in [0.2, 0.25) is 0 Å². The number of hydrogen-bond donors (Lipinski definition) is 2. The third-order valence-electron chi connectivity index (χ3n) is 9.87. The summed E-state index contributed by atoms with van der Waals surface area (Å²) < 4.78 is 9.14. The van der Waals surface area contributed by atoms with Crippen LogP contribution in [0.4, 0.5) is 0 Å². The van der Waals surface area contributed by atoms with Crippen LogP contribution >= 0.6 is 0 Å². The van der Waals surface area contributed by atoms with E-state index in [1.54, 1.807) is 0 Å². The third-order valence-corrected chi connectivity index (χ3v) is 9.87. The summed E-state index contributed by atoms with van der Waals surface area (Å²) in [6.45, 7) is 0. The summed E-state index contributed by atoms with van der Waals surface area (Å²) in [5.41, 5.74) is 10.7. The van der Waals surface area contributed by atoms with Gasteiger partial charge in [-0.1, -0.05) is 127 Å². The number of nitrogens with one attached hydrogen (secondary N) is 2. The monoisotopic (exact) mass is 644 g/mol. The second kappa shape index (κ2) is 11.6. The summed E-state index contributed by atoms with van der Waals surface area (Å²) in [5, 5.41) is 12.1. The van der Waals surface area contributed by atoms with Gasteiger partial charge in [0.25, 0.3) is 0 Å². The highest BCUT2D eigenvalue weighted by Gasteiger charge is 2.28. The lowest BCUT2D eigenvalue weighted by Gasteiger charge is -2.33. The lowest BCUT2D eigenvalue weighted by atomic mass is 9.94. The first-order chi connectivity index (χ1) is 24.8. The molecule has 0 amide bonds. The molecule has 50 heavy (non-hydrogen) atoms. The molecule has 2 N–H and O–H groups in total. The van der Waals surface area contributed by atoms with E-state index in [0.717, 1.165) is 66.8 Å². The number of rotatable bonds is 5. The molecule has 7 aromatic carbocycles. The molecule has 5 nitrogen and oxygen atoms in total. The van der Waals surface area contributed by atoms with Gasteiger partial charge in [0, 0.05) is 38.4 Å². The van der Waals surface area contributed by atoms with Crippen molar-refractivity contribution < 1.29 is 4.42 Å². The van der Waals surface area contributed by atoms with Crippen LogP contribution in [-0.4, -0.2) is 10.4 Å². The minimum Gasteiger partial charge on any atom is -0.456 e. The number of hydrogen-bond acceptors (Lipinski definition) is 4. The zero-order chi connectivity index (χ0) is 33.0. The van der Waals surface area contributed by atoms with Gasteiger partial charge in [-0.25, -0.2) is 4.99 Å². The Hall–Kier alpha value is -6.43. The molecular weight excluding hydrogens is 613 g/mol. The quantitative estimate of drug-likeness (QED) is 0.196. The summed E-state index contributed by atoms with van der Waals surface area (Å²) in [6, 6.07) is 59.7. The van der Waals surface area contributed by atoms with Gasteiger partial charge in [-0.3, -0.25) is 5.32 Å². The topological polar surface area (TPSA) is 54.5 Å². The van der Waals surface area contributed by atoms with Gasteiger partial charge in [-0.2, -0.15) is 0 Å². The lowest BCUT2D eigenvalue weighted by molar-refractivity contribution is 0.409. The molecule has 238 valence electrons. The Kier molecular flexibility index (Phi) is 6.64. The number of aromatic nitrogens is 1. The van der Waals surface area contributed by atoms with Crippen LogP contribution in [0.15, 0.2) is 179 Å². The molecule has 0 bridgehead atoms. The molecule has 2 atom stereocenters. The van der Waals surface area contributed by atoms with Crippen LogP contribution in [0.3, 0.4) is 0 Å². The van der Waals surface area contributed by atoms with Gasteiger partial charge in [0.1, 0.15) is 29.3 Å². The third kappa shape index (κ3) is 4.71. The predicted octanol–water partition coefficient (Wildman–Crippen LogP) is 10.7. The molecule has 5 heteroatoms. The van der Waals surface area contributed by atoms with Crippen LogP contribution in [0.5, 0.6) is 0 Å². The van der Waals surface area contributed by atoms with Gasteiger partial charge in [-0.15, -0.1) is 0 Å². The zero-order valence-corrected chi connectivity index (χ0v) is 27.1. The SMILES string of the molecule is c1ccc(C2=NC(c3ccccc3)NC(c3cc4oc5cc6c7ccccc7n(-c7ccccc7)c6cc5c4cc3-c3ccccc3)N2)cc1. The molecule has 0 radical (unpaired) electrons. The summed E-state index contributed by atoms with van der Waals surface area (Å²) in [6.07, 6.45) is -0.481. The molecule has 0 aliphatic carbocycles. The predicted molar refractivity (Wildman–Crippen MR) is 205 cm³/mol. The maximum atomic E-state index is 6.77. The van der Waals surface area contributed by atoms with Gasteiger partial charge in [0.05, 0.1) is 11.0 Å². The van der Waals surface area contributed by atoms with E-state index in [4.69, 9.17) is 9.41 Å². The fraction of sp³-hybridized carbons (Fsp3) is 0.0444.